The molecule has 0 fully saturated rings. The normalized spacial score (nSPS) is 10.4. The molecule has 0 saturated heterocycles. The molecule has 0 aliphatic carbocycles. The molecule has 0 unspecified atom stereocenters. The second kappa shape index (κ2) is 1.70. The van der Waals surface area contributed by atoms with Crippen molar-refractivity contribution in [3.05, 3.63) is 18.7 Å². The van der Waals surface area contributed by atoms with E-state index in [1.807, 2.05) is 0 Å². The number of nitrogen functional groups attached to an aromatic ring is 1. The summed E-state index contributed by atoms with van der Waals surface area (Å²) in [6.07, 6.45) is 4.58. The Morgan fingerprint density at radius 1 is 1.40 bits per heavy atom. The zero-order valence-electron chi connectivity index (χ0n) is 5.11. The number of rotatable bonds is 0. The van der Waals surface area contributed by atoms with Crippen molar-refractivity contribution in [3.63, 3.8) is 0 Å². The van der Waals surface area contributed by atoms with Gasteiger partial charge >= 0.3 is 0 Å². The quantitative estimate of drug-likeness (QED) is 0.579. The Bertz CT molecular complexity index is 317. The van der Waals surface area contributed by atoms with Crippen LogP contribution < -0.4 is 5.73 Å². The molecule has 2 aliphatic heterocycles. The molecule has 2 N–H and O–H groups in total. The fraction of sp³-hybridized carbons (Fsp3) is 0. The third kappa shape index (κ3) is 0.556. The van der Waals surface area contributed by atoms with Gasteiger partial charge in [-0.05, 0) is 0 Å². The Balaban J connectivity index is 2.78. The Labute approximate surface area is 57.0 Å². The number of nitrogens with zero attached hydrogens (tertiary/aromatic N) is 2. The second-order valence-corrected chi connectivity index (χ2v) is 1.89. The summed E-state index contributed by atoms with van der Waals surface area (Å²) in [4.78, 5) is 7.78. The van der Waals surface area contributed by atoms with Crippen LogP contribution >= 0.6 is 0 Å². The first-order valence-electron chi connectivity index (χ1n) is 2.81. The lowest BCUT2D eigenvalue weighted by molar-refractivity contribution is 0.558. The average Bonchev–Trinajstić information content (AvgIpc) is 2.34. The van der Waals surface area contributed by atoms with Crippen LogP contribution in [0, 0.1) is 0 Å². The first-order valence-corrected chi connectivity index (χ1v) is 2.81. The van der Waals surface area contributed by atoms with Crippen LogP contribution in [0.25, 0.3) is 11.5 Å². The van der Waals surface area contributed by atoms with Crippen molar-refractivity contribution in [2.24, 2.45) is 0 Å². The fourth-order valence-electron chi connectivity index (χ4n) is 0.801. The van der Waals surface area contributed by atoms with Gasteiger partial charge in [0, 0.05) is 0 Å². The average molecular weight is 135 g/mol. The van der Waals surface area contributed by atoms with Crippen molar-refractivity contribution in [2.45, 2.75) is 0 Å². The van der Waals surface area contributed by atoms with Crippen molar-refractivity contribution in [2.75, 3.05) is 5.73 Å². The Hall–Kier alpha value is -1.58. The van der Waals surface area contributed by atoms with Gasteiger partial charge in [-0.3, -0.25) is 0 Å². The molecule has 0 bridgehead atoms. The topological polar surface area (TPSA) is 64.9 Å². The summed E-state index contributed by atoms with van der Waals surface area (Å²) < 4.78 is 5.03. The molecular weight excluding hydrogens is 130 g/mol. The molecule has 0 amide bonds. The Kier molecular flexibility index (Phi) is 0.887. The summed E-state index contributed by atoms with van der Waals surface area (Å²) >= 11 is 0. The molecule has 0 radical (unpaired) electrons. The fourth-order valence-corrected chi connectivity index (χ4v) is 0.801. The van der Waals surface area contributed by atoms with Gasteiger partial charge in [-0.15, -0.1) is 0 Å². The molecule has 0 spiro atoms. The molecule has 10 heavy (non-hydrogen) atoms. The summed E-state index contributed by atoms with van der Waals surface area (Å²) in [5, 5.41) is 0. The number of aromatic nitrogens is 2. The lowest BCUT2D eigenvalue weighted by atomic mass is 10.4. The van der Waals surface area contributed by atoms with E-state index in [0.29, 0.717) is 17.3 Å². The predicted molar refractivity (Wildman–Crippen MR) is 35.3 cm³/mol. The molecule has 0 aromatic rings. The number of hydrogen-bond acceptors (Lipinski definition) is 4. The van der Waals surface area contributed by atoms with Gasteiger partial charge in [0.25, 0.3) is 0 Å². The van der Waals surface area contributed by atoms with Crippen molar-refractivity contribution in [1.29, 1.82) is 0 Å². The lowest BCUT2D eigenvalue weighted by Gasteiger charge is -1.92. The second-order valence-electron chi connectivity index (χ2n) is 1.89. The van der Waals surface area contributed by atoms with E-state index in [1.165, 1.54) is 6.26 Å². The van der Waals surface area contributed by atoms with Crippen LogP contribution in [-0.2, 0) is 0 Å². The molecular formula is C6H5N3O. The number of anilines is 1. The number of fused-ring (bicyclic) bond motifs is 1. The molecule has 0 saturated carbocycles. The van der Waals surface area contributed by atoms with Gasteiger partial charge in [0.15, 0.2) is 11.6 Å². The van der Waals surface area contributed by atoms with E-state index in [2.05, 4.69) is 9.97 Å². The summed E-state index contributed by atoms with van der Waals surface area (Å²) in [5.41, 5.74) is 6.07. The van der Waals surface area contributed by atoms with Gasteiger partial charge in [0.05, 0.1) is 12.4 Å². The van der Waals surface area contributed by atoms with Crippen LogP contribution in [0.15, 0.2) is 23.1 Å². The molecule has 2 aliphatic rings. The van der Waals surface area contributed by atoms with Crippen molar-refractivity contribution in [1.82, 2.24) is 9.97 Å². The monoisotopic (exact) mass is 135 g/mol. The van der Waals surface area contributed by atoms with Gasteiger partial charge in [-0.2, -0.15) is 0 Å². The van der Waals surface area contributed by atoms with Gasteiger partial charge in [0.1, 0.15) is 12.0 Å². The van der Waals surface area contributed by atoms with Crippen molar-refractivity contribution < 1.29 is 4.42 Å². The van der Waals surface area contributed by atoms with Crippen LogP contribution in [0.4, 0.5) is 5.82 Å². The van der Waals surface area contributed by atoms with Crippen molar-refractivity contribution in [3.8, 4) is 11.5 Å². The standard InChI is InChI=1S/C6H5N3O/c7-6-5-4(3-9-6)10-2-1-8-5/h1-3H,(H2,7,9). The third-order valence-corrected chi connectivity index (χ3v) is 1.26. The molecule has 2 heterocycles. The van der Waals surface area contributed by atoms with Gasteiger partial charge in [-0.1, -0.05) is 0 Å². The largest absolute Gasteiger partial charge is 0.459 e. The van der Waals surface area contributed by atoms with Crippen LogP contribution in [0.1, 0.15) is 0 Å². The van der Waals surface area contributed by atoms with Gasteiger partial charge in [-0.25, -0.2) is 9.97 Å². The highest BCUT2D eigenvalue weighted by molar-refractivity contribution is 5.66. The predicted octanol–water partition coefficient (Wildman–Crippen LogP) is 0.757. The highest BCUT2D eigenvalue weighted by Gasteiger charge is 2.10. The van der Waals surface area contributed by atoms with E-state index in [-0.39, 0.29) is 0 Å². The molecule has 0 aromatic carbocycles. The van der Waals surface area contributed by atoms with Gasteiger partial charge in [0.2, 0.25) is 0 Å². The highest BCUT2D eigenvalue weighted by Crippen LogP contribution is 2.23. The summed E-state index contributed by atoms with van der Waals surface area (Å²) in [5.74, 6) is 1.04. The van der Waals surface area contributed by atoms with E-state index in [0.717, 1.165) is 0 Å². The highest BCUT2D eigenvalue weighted by atomic mass is 16.3. The maximum atomic E-state index is 5.44. The van der Waals surface area contributed by atoms with Crippen LogP contribution in [0.3, 0.4) is 0 Å². The summed E-state index contributed by atoms with van der Waals surface area (Å²) in [7, 11) is 0. The maximum absolute atomic E-state index is 5.44. The van der Waals surface area contributed by atoms with E-state index in [1.54, 1.807) is 12.4 Å². The number of hydrogen-bond donors (Lipinski definition) is 1. The van der Waals surface area contributed by atoms with Gasteiger partial charge < -0.3 is 10.2 Å². The van der Waals surface area contributed by atoms with E-state index in [9.17, 15) is 0 Å². The first kappa shape index (κ1) is 5.22. The lowest BCUT2D eigenvalue weighted by Crippen LogP contribution is -1.87. The molecule has 0 aromatic heterocycles. The summed E-state index contributed by atoms with van der Waals surface area (Å²) in [6, 6.07) is 0. The third-order valence-electron chi connectivity index (χ3n) is 1.26. The maximum Gasteiger partial charge on any atom is 0.174 e. The first-order chi connectivity index (χ1) is 4.88. The Morgan fingerprint density at radius 3 is 3.10 bits per heavy atom. The van der Waals surface area contributed by atoms with E-state index < -0.39 is 0 Å². The van der Waals surface area contributed by atoms with Crippen LogP contribution in [0.2, 0.25) is 0 Å². The number of nitrogens with two attached hydrogens (primary N) is 1. The van der Waals surface area contributed by atoms with E-state index >= 15 is 0 Å². The zero-order valence-corrected chi connectivity index (χ0v) is 5.11. The Morgan fingerprint density at radius 2 is 2.30 bits per heavy atom. The minimum absolute atomic E-state index is 0.416. The van der Waals surface area contributed by atoms with Crippen molar-refractivity contribution >= 4 is 5.82 Å². The minimum Gasteiger partial charge on any atom is -0.459 e. The summed E-state index contributed by atoms with van der Waals surface area (Å²) in [6.45, 7) is 0. The molecule has 4 nitrogen and oxygen atoms in total. The molecule has 0 atom stereocenters. The minimum atomic E-state index is 0.416. The molecule has 4 heteroatoms. The van der Waals surface area contributed by atoms with Crippen LogP contribution in [-0.4, -0.2) is 9.97 Å². The van der Waals surface area contributed by atoms with E-state index in [4.69, 9.17) is 10.2 Å². The zero-order chi connectivity index (χ0) is 6.97. The van der Waals surface area contributed by atoms with Crippen LogP contribution in [0.5, 0.6) is 0 Å². The molecule has 50 valence electrons. The SMILES string of the molecule is Nc1ncc2occnc1-2. The molecule has 2 rings (SSSR count). The smallest absolute Gasteiger partial charge is 0.174 e.